The summed E-state index contributed by atoms with van der Waals surface area (Å²) in [7, 11) is 0. The first-order valence-electron chi connectivity index (χ1n) is 6.17. The molecule has 0 aliphatic carbocycles. The molecule has 2 atom stereocenters. The van der Waals surface area contributed by atoms with E-state index in [1.54, 1.807) is 17.5 Å². The number of rotatable bonds is 2. The van der Waals surface area contributed by atoms with E-state index in [4.69, 9.17) is 5.11 Å². The zero-order valence-corrected chi connectivity index (χ0v) is 13.2. The van der Waals surface area contributed by atoms with Crippen molar-refractivity contribution in [2.45, 2.75) is 24.7 Å². The molecule has 2 N–H and O–H groups in total. The SMILES string of the molecule is O=C(O)c1nn2c(c1Br)N[C@H](c1cccs1)C[C@H]2C(F)(F)F. The Morgan fingerprint density at radius 2 is 2.27 bits per heavy atom. The molecule has 0 radical (unpaired) electrons. The summed E-state index contributed by atoms with van der Waals surface area (Å²) in [5.41, 5.74) is -0.441. The summed E-state index contributed by atoms with van der Waals surface area (Å²) in [4.78, 5) is 11.8. The first kappa shape index (κ1) is 15.3. The third-order valence-corrected chi connectivity index (χ3v) is 5.12. The second-order valence-electron chi connectivity index (χ2n) is 4.77. The molecule has 0 aromatic carbocycles. The largest absolute Gasteiger partial charge is 0.476 e. The number of carboxylic acid groups (broad SMARTS) is 1. The van der Waals surface area contributed by atoms with Crippen LogP contribution in [0, 0.1) is 0 Å². The highest BCUT2D eigenvalue weighted by molar-refractivity contribution is 9.10. The maximum atomic E-state index is 13.3. The Labute approximate surface area is 134 Å². The van der Waals surface area contributed by atoms with Crippen LogP contribution >= 0.6 is 27.3 Å². The maximum absolute atomic E-state index is 13.3. The van der Waals surface area contributed by atoms with Crippen LogP contribution in [0.2, 0.25) is 0 Å². The zero-order chi connectivity index (χ0) is 16.1. The van der Waals surface area contributed by atoms with Crippen LogP contribution in [0.3, 0.4) is 0 Å². The second kappa shape index (κ2) is 5.27. The van der Waals surface area contributed by atoms with Crippen LogP contribution in [-0.4, -0.2) is 27.0 Å². The lowest BCUT2D eigenvalue weighted by atomic mass is 10.0. The van der Waals surface area contributed by atoms with Crippen molar-refractivity contribution < 1.29 is 23.1 Å². The molecule has 22 heavy (non-hydrogen) atoms. The fourth-order valence-corrected chi connectivity index (χ4v) is 3.74. The van der Waals surface area contributed by atoms with Crippen molar-refractivity contribution in [3.8, 4) is 0 Å². The van der Waals surface area contributed by atoms with Gasteiger partial charge in [-0.3, -0.25) is 0 Å². The van der Waals surface area contributed by atoms with E-state index in [0.29, 0.717) is 4.68 Å². The standard InChI is InChI=1S/C12H9BrF3N3O2S/c13-8-9(11(20)21)18-19-7(12(14,15)16)4-5(17-10(8)19)6-2-1-3-22-6/h1-3,5,7,17H,4H2,(H,20,21)/t5-,7-/m0/s1. The molecule has 0 saturated carbocycles. The monoisotopic (exact) mass is 395 g/mol. The number of aromatic carboxylic acids is 1. The number of fused-ring (bicyclic) bond motifs is 1. The first-order valence-corrected chi connectivity index (χ1v) is 7.84. The smallest absolute Gasteiger partial charge is 0.410 e. The lowest BCUT2D eigenvalue weighted by Gasteiger charge is -2.33. The summed E-state index contributed by atoms with van der Waals surface area (Å²) in [6.45, 7) is 0. The minimum Gasteiger partial charge on any atom is -0.476 e. The molecule has 0 unspecified atom stereocenters. The van der Waals surface area contributed by atoms with Gasteiger partial charge in [0.05, 0.1) is 10.5 Å². The third kappa shape index (κ3) is 2.50. The van der Waals surface area contributed by atoms with Crippen LogP contribution in [0.4, 0.5) is 19.0 Å². The summed E-state index contributed by atoms with van der Waals surface area (Å²) >= 11 is 4.38. The Morgan fingerprint density at radius 3 is 2.82 bits per heavy atom. The van der Waals surface area contributed by atoms with Crippen molar-refractivity contribution in [1.82, 2.24) is 9.78 Å². The second-order valence-corrected chi connectivity index (χ2v) is 6.54. The molecule has 1 aliphatic heterocycles. The third-order valence-electron chi connectivity index (χ3n) is 3.38. The Morgan fingerprint density at radius 1 is 1.55 bits per heavy atom. The summed E-state index contributed by atoms with van der Waals surface area (Å²) in [6.07, 6.45) is -4.77. The maximum Gasteiger partial charge on any atom is 0.410 e. The molecular formula is C12H9BrF3N3O2S. The molecule has 3 rings (SSSR count). The number of halogens is 4. The van der Waals surface area contributed by atoms with Crippen molar-refractivity contribution in [2.24, 2.45) is 0 Å². The van der Waals surface area contributed by atoms with E-state index >= 15 is 0 Å². The normalized spacial score (nSPS) is 21.3. The van der Waals surface area contributed by atoms with Crippen molar-refractivity contribution >= 4 is 39.1 Å². The predicted octanol–water partition coefficient (Wildman–Crippen LogP) is 4.07. The highest BCUT2D eigenvalue weighted by Gasteiger charge is 2.47. The van der Waals surface area contributed by atoms with Gasteiger partial charge in [-0.15, -0.1) is 11.3 Å². The molecule has 0 fully saturated rings. The van der Waals surface area contributed by atoms with Crippen LogP contribution in [0.15, 0.2) is 22.0 Å². The predicted molar refractivity (Wildman–Crippen MR) is 77.3 cm³/mol. The molecule has 0 saturated heterocycles. The van der Waals surface area contributed by atoms with E-state index < -0.39 is 29.9 Å². The van der Waals surface area contributed by atoms with Gasteiger partial charge in [0.15, 0.2) is 11.7 Å². The van der Waals surface area contributed by atoms with E-state index in [-0.39, 0.29) is 16.7 Å². The molecule has 118 valence electrons. The Hall–Kier alpha value is -1.55. The Bertz CT molecular complexity index is 714. The van der Waals surface area contributed by atoms with Gasteiger partial charge in [0.2, 0.25) is 0 Å². The van der Waals surface area contributed by atoms with Gasteiger partial charge < -0.3 is 10.4 Å². The van der Waals surface area contributed by atoms with Crippen molar-refractivity contribution in [3.63, 3.8) is 0 Å². The number of thiophene rings is 1. The van der Waals surface area contributed by atoms with E-state index in [0.717, 1.165) is 4.88 Å². The highest BCUT2D eigenvalue weighted by atomic mass is 79.9. The molecule has 0 spiro atoms. The Balaban J connectivity index is 2.10. The summed E-state index contributed by atoms with van der Waals surface area (Å²) in [6, 6.07) is 1.08. The van der Waals surface area contributed by atoms with Gasteiger partial charge in [0.1, 0.15) is 5.82 Å². The topological polar surface area (TPSA) is 67.1 Å². The van der Waals surface area contributed by atoms with Crippen molar-refractivity contribution in [1.29, 1.82) is 0 Å². The quantitative estimate of drug-likeness (QED) is 0.804. The van der Waals surface area contributed by atoms with Gasteiger partial charge in [-0.1, -0.05) is 6.07 Å². The number of nitrogens with one attached hydrogen (secondary N) is 1. The molecule has 5 nitrogen and oxygen atoms in total. The fourth-order valence-electron chi connectivity index (χ4n) is 2.40. The highest BCUT2D eigenvalue weighted by Crippen LogP contribution is 2.46. The van der Waals surface area contributed by atoms with E-state index in [2.05, 4.69) is 26.3 Å². The summed E-state index contributed by atoms with van der Waals surface area (Å²) in [5, 5.41) is 17.4. The fraction of sp³-hybridized carbons (Fsp3) is 0.333. The molecule has 2 aromatic heterocycles. The number of nitrogens with zero attached hydrogens (tertiary/aromatic N) is 2. The number of anilines is 1. The van der Waals surface area contributed by atoms with Gasteiger partial charge in [0.25, 0.3) is 0 Å². The van der Waals surface area contributed by atoms with E-state index in [1.807, 2.05) is 0 Å². The summed E-state index contributed by atoms with van der Waals surface area (Å²) < 4.78 is 40.7. The molecule has 0 amide bonds. The molecule has 10 heteroatoms. The van der Waals surface area contributed by atoms with Crippen LogP contribution < -0.4 is 5.32 Å². The number of carbonyl (C=O) groups is 1. The number of hydrogen-bond acceptors (Lipinski definition) is 4. The number of alkyl halides is 3. The summed E-state index contributed by atoms with van der Waals surface area (Å²) in [5.74, 6) is -1.35. The molecule has 2 aromatic rings. The van der Waals surface area contributed by atoms with Gasteiger partial charge in [-0.05, 0) is 27.4 Å². The van der Waals surface area contributed by atoms with Crippen LogP contribution in [0.5, 0.6) is 0 Å². The minimum absolute atomic E-state index is 0.0236. The zero-order valence-electron chi connectivity index (χ0n) is 10.8. The number of carboxylic acids is 1. The van der Waals surface area contributed by atoms with Gasteiger partial charge in [-0.25, -0.2) is 9.48 Å². The van der Waals surface area contributed by atoms with Crippen molar-refractivity contribution in [3.05, 3.63) is 32.6 Å². The van der Waals surface area contributed by atoms with Gasteiger partial charge in [0, 0.05) is 11.3 Å². The molecular weight excluding hydrogens is 387 g/mol. The van der Waals surface area contributed by atoms with Gasteiger partial charge in [-0.2, -0.15) is 18.3 Å². The van der Waals surface area contributed by atoms with E-state index in [1.165, 1.54) is 11.3 Å². The van der Waals surface area contributed by atoms with Crippen LogP contribution in [0.25, 0.3) is 0 Å². The first-order chi connectivity index (χ1) is 10.3. The van der Waals surface area contributed by atoms with Gasteiger partial charge >= 0.3 is 12.1 Å². The molecule has 1 aliphatic rings. The lowest BCUT2D eigenvalue weighted by Crippen LogP contribution is -2.35. The molecule has 3 heterocycles. The van der Waals surface area contributed by atoms with E-state index in [9.17, 15) is 18.0 Å². The minimum atomic E-state index is -4.52. The average molecular weight is 396 g/mol. The Kier molecular flexibility index (Phi) is 3.68. The lowest BCUT2D eigenvalue weighted by molar-refractivity contribution is -0.173. The number of hydrogen-bond donors (Lipinski definition) is 2. The van der Waals surface area contributed by atoms with Crippen LogP contribution in [0.1, 0.15) is 33.9 Å². The van der Waals surface area contributed by atoms with Crippen LogP contribution in [-0.2, 0) is 0 Å². The number of aromatic nitrogens is 2. The average Bonchev–Trinajstić information content (AvgIpc) is 3.05. The molecule has 0 bridgehead atoms. The van der Waals surface area contributed by atoms with Crippen molar-refractivity contribution in [2.75, 3.05) is 5.32 Å².